The van der Waals surface area contributed by atoms with Crippen molar-refractivity contribution in [3.05, 3.63) is 52.2 Å². The lowest BCUT2D eigenvalue weighted by Gasteiger charge is -2.20. The second kappa shape index (κ2) is 5.51. The fourth-order valence-corrected chi connectivity index (χ4v) is 2.26. The number of carboxylic acids is 1. The number of pyridine rings is 1. The monoisotopic (exact) mass is 290 g/mol. The maximum Gasteiger partial charge on any atom is 0.335 e. The first-order valence-electron chi connectivity index (χ1n) is 6.10. The van der Waals surface area contributed by atoms with Crippen LogP contribution < -0.4 is 4.90 Å². The summed E-state index contributed by atoms with van der Waals surface area (Å²) in [6, 6.07) is 8.94. The smallest absolute Gasteiger partial charge is 0.335 e. The SMILES string of the molecule is Cc1cc(C)cc(N(C)c2cc(C(=O)O)cc(Cl)n2)c1. The fourth-order valence-electron chi connectivity index (χ4n) is 2.05. The van der Waals surface area contributed by atoms with Crippen LogP contribution >= 0.6 is 11.6 Å². The third-order valence-electron chi connectivity index (χ3n) is 2.96. The average molecular weight is 291 g/mol. The number of carbonyl (C=O) groups is 1. The molecule has 0 aliphatic rings. The molecule has 5 heteroatoms. The zero-order chi connectivity index (χ0) is 14.9. The van der Waals surface area contributed by atoms with Crippen molar-refractivity contribution in [3.63, 3.8) is 0 Å². The van der Waals surface area contributed by atoms with Crippen LogP contribution in [0.25, 0.3) is 0 Å². The largest absolute Gasteiger partial charge is 0.478 e. The molecule has 1 N–H and O–H groups in total. The minimum atomic E-state index is -1.02. The van der Waals surface area contributed by atoms with Gasteiger partial charge >= 0.3 is 5.97 Å². The van der Waals surface area contributed by atoms with E-state index >= 15 is 0 Å². The minimum Gasteiger partial charge on any atom is -0.478 e. The van der Waals surface area contributed by atoms with Crippen LogP contribution in [0, 0.1) is 13.8 Å². The number of anilines is 2. The van der Waals surface area contributed by atoms with Crippen molar-refractivity contribution >= 4 is 29.1 Å². The number of aromatic nitrogens is 1. The van der Waals surface area contributed by atoms with Gasteiger partial charge in [0.05, 0.1) is 5.56 Å². The van der Waals surface area contributed by atoms with Crippen LogP contribution in [0.2, 0.25) is 5.15 Å². The van der Waals surface area contributed by atoms with Gasteiger partial charge in [-0.2, -0.15) is 0 Å². The maximum atomic E-state index is 11.1. The van der Waals surface area contributed by atoms with Crippen molar-refractivity contribution < 1.29 is 9.90 Å². The van der Waals surface area contributed by atoms with Gasteiger partial charge in [0.15, 0.2) is 0 Å². The second-order valence-electron chi connectivity index (χ2n) is 4.75. The first-order valence-corrected chi connectivity index (χ1v) is 6.47. The predicted molar refractivity (Wildman–Crippen MR) is 80.2 cm³/mol. The minimum absolute atomic E-state index is 0.122. The van der Waals surface area contributed by atoms with Gasteiger partial charge in [-0.1, -0.05) is 17.7 Å². The number of halogens is 1. The van der Waals surface area contributed by atoms with Crippen molar-refractivity contribution in [1.82, 2.24) is 4.98 Å². The normalized spacial score (nSPS) is 10.4. The number of aromatic carboxylic acids is 1. The van der Waals surface area contributed by atoms with Crippen LogP contribution in [0.3, 0.4) is 0 Å². The third kappa shape index (κ3) is 3.08. The molecule has 2 aromatic rings. The standard InChI is InChI=1S/C15H15ClN2O2/c1-9-4-10(2)6-12(5-9)18(3)14-8-11(15(19)20)7-13(16)17-14/h4-8H,1-3H3,(H,19,20). The first-order chi connectivity index (χ1) is 9.36. The summed E-state index contributed by atoms with van der Waals surface area (Å²) in [5.41, 5.74) is 3.32. The highest BCUT2D eigenvalue weighted by molar-refractivity contribution is 6.29. The van der Waals surface area contributed by atoms with Crippen molar-refractivity contribution in [3.8, 4) is 0 Å². The maximum absolute atomic E-state index is 11.1. The fraction of sp³-hybridized carbons (Fsp3) is 0.200. The van der Waals surface area contributed by atoms with Crippen molar-refractivity contribution in [1.29, 1.82) is 0 Å². The van der Waals surface area contributed by atoms with Gasteiger partial charge in [0.2, 0.25) is 0 Å². The van der Waals surface area contributed by atoms with E-state index in [9.17, 15) is 4.79 Å². The molecule has 0 amide bonds. The lowest BCUT2D eigenvalue weighted by Crippen LogP contribution is -2.13. The summed E-state index contributed by atoms with van der Waals surface area (Å²) >= 11 is 5.89. The van der Waals surface area contributed by atoms with Crippen molar-refractivity contribution in [2.75, 3.05) is 11.9 Å². The lowest BCUT2D eigenvalue weighted by molar-refractivity contribution is 0.0697. The van der Waals surface area contributed by atoms with E-state index in [4.69, 9.17) is 16.7 Å². The molecule has 0 atom stereocenters. The van der Waals surface area contributed by atoms with Crippen LogP contribution in [0.1, 0.15) is 21.5 Å². The molecule has 4 nitrogen and oxygen atoms in total. The van der Waals surface area contributed by atoms with Crippen LogP contribution in [0.5, 0.6) is 0 Å². The quantitative estimate of drug-likeness (QED) is 0.873. The summed E-state index contributed by atoms with van der Waals surface area (Å²) in [7, 11) is 1.83. The van der Waals surface area contributed by atoms with Crippen LogP contribution in [-0.4, -0.2) is 23.1 Å². The van der Waals surface area contributed by atoms with Gasteiger partial charge in [-0.05, 0) is 49.2 Å². The molecule has 0 aliphatic heterocycles. The third-order valence-corrected chi connectivity index (χ3v) is 3.16. The molecular weight excluding hydrogens is 276 g/mol. The molecule has 0 radical (unpaired) electrons. The Balaban J connectivity index is 2.47. The Morgan fingerprint density at radius 1 is 1.15 bits per heavy atom. The summed E-state index contributed by atoms with van der Waals surface area (Å²) in [5, 5.41) is 9.23. The Morgan fingerprint density at radius 2 is 1.75 bits per heavy atom. The van der Waals surface area contributed by atoms with Crippen LogP contribution in [0.4, 0.5) is 11.5 Å². The van der Waals surface area contributed by atoms with Crippen LogP contribution in [-0.2, 0) is 0 Å². The number of carboxylic acid groups (broad SMARTS) is 1. The highest BCUT2D eigenvalue weighted by Gasteiger charge is 2.12. The Labute approximate surface area is 122 Å². The molecule has 0 spiro atoms. The summed E-state index contributed by atoms with van der Waals surface area (Å²) in [6.07, 6.45) is 0. The summed E-state index contributed by atoms with van der Waals surface area (Å²) in [5.74, 6) is -0.524. The zero-order valence-corrected chi connectivity index (χ0v) is 12.3. The second-order valence-corrected chi connectivity index (χ2v) is 5.13. The molecule has 0 saturated carbocycles. The molecule has 0 saturated heterocycles. The number of hydrogen-bond acceptors (Lipinski definition) is 3. The number of aryl methyl sites for hydroxylation is 2. The van der Waals surface area contributed by atoms with E-state index in [2.05, 4.69) is 11.1 Å². The zero-order valence-electron chi connectivity index (χ0n) is 11.5. The Hall–Kier alpha value is -2.07. The van der Waals surface area contributed by atoms with E-state index in [0.717, 1.165) is 16.8 Å². The molecule has 0 bridgehead atoms. The van der Waals surface area contributed by atoms with E-state index < -0.39 is 5.97 Å². The van der Waals surface area contributed by atoms with Crippen LogP contribution in [0.15, 0.2) is 30.3 Å². The van der Waals surface area contributed by atoms with Crippen molar-refractivity contribution in [2.45, 2.75) is 13.8 Å². The van der Waals surface area contributed by atoms with E-state index in [1.165, 1.54) is 12.1 Å². The molecular formula is C15H15ClN2O2. The van der Waals surface area contributed by atoms with Gasteiger partial charge in [-0.3, -0.25) is 0 Å². The summed E-state index contributed by atoms with van der Waals surface area (Å²) < 4.78 is 0. The molecule has 0 aliphatic carbocycles. The number of hydrogen-bond donors (Lipinski definition) is 1. The Kier molecular flexibility index (Phi) is 3.95. The molecule has 1 aromatic heterocycles. The highest BCUT2D eigenvalue weighted by Crippen LogP contribution is 2.26. The van der Waals surface area contributed by atoms with E-state index in [0.29, 0.717) is 5.82 Å². The summed E-state index contributed by atoms with van der Waals surface area (Å²) in [6.45, 7) is 4.02. The average Bonchev–Trinajstić information content (AvgIpc) is 2.35. The van der Waals surface area contributed by atoms with Crippen molar-refractivity contribution in [2.24, 2.45) is 0 Å². The lowest BCUT2D eigenvalue weighted by atomic mass is 10.1. The van der Waals surface area contributed by atoms with Gasteiger partial charge in [-0.15, -0.1) is 0 Å². The van der Waals surface area contributed by atoms with E-state index in [-0.39, 0.29) is 10.7 Å². The molecule has 1 aromatic carbocycles. The van der Waals surface area contributed by atoms with Gasteiger partial charge in [-0.25, -0.2) is 9.78 Å². The topological polar surface area (TPSA) is 53.4 Å². The number of rotatable bonds is 3. The van der Waals surface area contributed by atoms with Gasteiger partial charge in [0, 0.05) is 12.7 Å². The van der Waals surface area contributed by atoms with E-state index in [1.807, 2.05) is 37.9 Å². The highest BCUT2D eigenvalue weighted by atomic mass is 35.5. The molecule has 1 heterocycles. The molecule has 2 rings (SSSR count). The molecule has 20 heavy (non-hydrogen) atoms. The predicted octanol–water partition coefficient (Wildman–Crippen LogP) is 3.82. The van der Waals surface area contributed by atoms with Gasteiger partial charge in [0.1, 0.15) is 11.0 Å². The van der Waals surface area contributed by atoms with Gasteiger partial charge < -0.3 is 10.0 Å². The first kappa shape index (κ1) is 14.3. The van der Waals surface area contributed by atoms with Gasteiger partial charge in [0.25, 0.3) is 0 Å². The van der Waals surface area contributed by atoms with E-state index in [1.54, 1.807) is 0 Å². The Bertz CT molecular complexity index is 651. The molecule has 0 unspecified atom stereocenters. The number of benzene rings is 1. The number of nitrogens with zero attached hydrogens (tertiary/aromatic N) is 2. The molecule has 104 valence electrons. The molecule has 0 fully saturated rings. The summed E-state index contributed by atoms with van der Waals surface area (Å²) in [4.78, 5) is 17.1. The Morgan fingerprint density at radius 3 is 2.30 bits per heavy atom.